The van der Waals surface area contributed by atoms with Crippen LogP contribution in [0, 0.1) is 23.2 Å². The number of hydrogen-bond donors (Lipinski definition) is 1. The van der Waals surface area contributed by atoms with Crippen LogP contribution in [0.5, 0.6) is 0 Å². The number of hydrogen-bond acceptors (Lipinski definition) is 8. The Hall–Kier alpha value is -3.45. The number of carbonyl (C=O) groups excluding carboxylic acids is 2. The molecule has 2 aliphatic rings. The first-order valence-electron chi connectivity index (χ1n) is 14.3. The van der Waals surface area contributed by atoms with Crippen molar-refractivity contribution in [3.8, 4) is 11.3 Å². The van der Waals surface area contributed by atoms with Crippen LogP contribution in [0.15, 0.2) is 29.6 Å². The Labute approximate surface area is 252 Å². The molecular weight excluding hydrogens is 581 g/mol. The maximum atomic E-state index is 13.9. The van der Waals surface area contributed by atoms with Crippen molar-refractivity contribution in [3.05, 3.63) is 51.0 Å². The number of pyridine rings is 2. The lowest BCUT2D eigenvalue weighted by molar-refractivity contribution is -0.141. The summed E-state index contributed by atoms with van der Waals surface area (Å²) in [5.74, 6) is -1.15. The molecule has 9 nitrogen and oxygen atoms in total. The van der Waals surface area contributed by atoms with E-state index >= 15 is 0 Å². The summed E-state index contributed by atoms with van der Waals surface area (Å²) in [5.41, 5.74) is -0.407. The minimum atomic E-state index is -4.70. The maximum absolute atomic E-state index is 13.9. The lowest BCUT2D eigenvalue weighted by Gasteiger charge is -2.23. The van der Waals surface area contributed by atoms with Gasteiger partial charge in [0.2, 0.25) is 5.91 Å². The van der Waals surface area contributed by atoms with Crippen molar-refractivity contribution >= 4 is 33.4 Å². The number of nitrogens with one attached hydrogen (secondary N) is 1. The molecule has 1 aliphatic heterocycles. The third-order valence-corrected chi connectivity index (χ3v) is 9.38. The van der Waals surface area contributed by atoms with Crippen molar-refractivity contribution in [3.63, 3.8) is 0 Å². The highest BCUT2D eigenvalue weighted by molar-refractivity contribution is 7.19. The third kappa shape index (κ3) is 6.28. The minimum Gasteiger partial charge on any atom is -0.351 e. The second-order valence-electron chi connectivity index (χ2n) is 11.6. The fraction of sp³-hybridized carbons (Fsp3) is 0.533. The van der Waals surface area contributed by atoms with E-state index in [1.807, 2.05) is 46.7 Å². The van der Waals surface area contributed by atoms with Crippen LogP contribution in [0.2, 0.25) is 0 Å². The van der Waals surface area contributed by atoms with E-state index in [9.17, 15) is 27.7 Å². The van der Waals surface area contributed by atoms with Crippen molar-refractivity contribution in [2.24, 2.45) is 16.5 Å². The largest absolute Gasteiger partial charge is 0.433 e. The molecule has 3 atom stereocenters. The van der Waals surface area contributed by atoms with E-state index in [-0.39, 0.29) is 41.2 Å². The molecule has 0 bridgehead atoms. The van der Waals surface area contributed by atoms with Crippen LogP contribution in [0.4, 0.5) is 13.2 Å². The average Bonchev–Trinajstić information content (AvgIpc) is 3.34. The Morgan fingerprint density at radius 3 is 2.51 bits per heavy atom. The maximum Gasteiger partial charge on any atom is 0.433 e. The number of thiophene rings is 1. The number of aromatic nitrogens is 2. The monoisotopic (exact) mass is 618 g/mol. The van der Waals surface area contributed by atoms with Gasteiger partial charge < -0.3 is 15.1 Å². The SMILES string of the molecule is CC.Cc1cc(C(F)(F)F)nc(-c2ccnc3cc(CNC(=O)C4C(N=O)C4(C)C)sc23)c1C(=O)N1CCC(N(C)C)C1. The van der Waals surface area contributed by atoms with Gasteiger partial charge in [0.25, 0.3) is 5.91 Å². The van der Waals surface area contributed by atoms with Crippen LogP contribution in [0.1, 0.15) is 60.6 Å². The number of rotatable bonds is 7. The van der Waals surface area contributed by atoms with E-state index in [1.165, 1.54) is 24.5 Å². The average molecular weight is 619 g/mol. The predicted octanol–water partition coefficient (Wildman–Crippen LogP) is 5.90. The summed E-state index contributed by atoms with van der Waals surface area (Å²) < 4.78 is 42.2. The van der Waals surface area contributed by atoms with E-state index in [0.29, 0.717) is 33.7 Å². The molecule has 0 spiro atoms. The molecule has 43 heavy (non-hydrogen) atoms. The summed E-state index contributed by atoms with van der Waals surface area (Å²) in [7, 11) is 3.87. The normalized spacial score (nSPS) is 21.0. The van der Waals surface area contributed by atoms with Crippen molar-refractivity contribution in [2.75, 3.05) is 27.2 Å². The van der Waals surface area contributed by atoms with Crippen LogP contribution < -0.4 is 5.32 Å². The van der Waals surface area contributed by atoms with Gasteiger partial charge in [0.05, 0.1) is 33.9 Å². The molecular formula is C30H37F3N6O3S. The molecule has 0 aromatic carbocycles. The van der Waals surface area contributed by atoms with Gasteiger partial charge in [0, 0.05) is 41.2 Å². The van der Waals surface area contributed by atoms with Gasteiger partial charge in [-0.3, -0.25) is 14.6 Å². The zero-order valence-corrected chi connectivity index (χ0v) is 26.2. The highest BCUT2D eigenvalue weighted by Gasteiger charge is 2.63. The van der Waals surface area contributed by atoms with Gasteiger partial charge in [0.1, 0.15) is 11.7 Å². The molecule has 1 aliphatic carbocycles. The molecule has 1 saturated heterocycles. The first-order valence-corrected chi connectivity index (χ1v) is 15.1. The summed E-state index contributed by atoms with van der Waals surface area (Å²) >= 11 is 1.26. The number of halogens is 3. The smallest absolute Gasteiger partial charge is 0.351 e. The van der Waals surface area contributed by atoms with Gasteiger partial charge in [-0.05, 0) is 51.2 Å². The highest BCUT2D eigenvalue weighted by atomic mass is 32.1. The number of fused-ring (bicyclic) bond motifs is 1. The van der Waals surface area contributed by atoms with E-state index in [4.69, 9.17) is 0 Å². The molecule has 1 saturated carbocycles. The van der Waals surface area contributed by atoms with Crippen molar-refractivity contribution in [1.82, 2.24) is 25.1 Å². The van der Waals surface area contributed by atoms with E-state index < -0.39 is 29.2 Å². The van der Waals surface area contributed by atoms with E-state index in [1.54, 1.807) is 17.0 Å². The number of nitrogens with zero attached hydrogens (tertiary/aromatic N) is 5. The fourth-order valence-electron chi connectivity index (χ4n) is 5.62. The number of alkyl halides is 3. The molecule has 3 aromatic rings. The molecule has 4 heterocycles. The van der Waals surface area contributed by atoms with Gasteiger partial charge in [-0.15, -0.1) is 11.3 Å². The molecule has 13 heteroatoms. The van der Waals surface area contributed by atoms with E-state index in [2.05, 4.69) is 20.5 Å². The Morgan fingerprint density at radius 2 is 1.93 bits per heavy atom. The van der Waals surface area contributed by atoms with Crippen molar-refractivity contribution in [1.29, 1.82) is 0 Å². The van der Waals surface area contributed by atoms with Gasteiger partial charge in [-0.2, -0.15) is 18.1 Å². The zero-order chi connectivity index (χ0) is 31.9. The fourth-order valence-corrected chi connectivity index (χ4v) is 6.69. The number of carbonyl (C=O) groups is 2. The Bertz CT molecular complexity index is 1540. The first-order chi connectivity index (χ1) is 20.2. The number of nitroso groups, excluding NO2 is 1. The number of likely N-dealkylation sites (N-methyl/N-ethyl adjacent to an activating group) is 1. The summed E-state index contributed by atoms with van der Waals surface area (Å²) in [6.45, 7) is 10.2. The van der Waals surface area contributed by atoms with Crippen molar-refractivity contribution < 1.29 is 22.8 Å². The van der Waals surface area contributed by atoms with Gasteiger partial charge in [-0.1, -0.05) is 32.9 Å². The zero-order valence-electron chi connectivity index (χ0n) is 25.4. The summed E-state index contributed by atoms with van der Waals surface area (Å²) in [5, 5.41) is 5.88. The van der Waals surface area contributed by atoms with Crippen LogP contribution in [-0.4, -0.2) is 70.9 Å². The summed E-state index contributed by atoms with van der Waals surface area (Å²) in [6.07, 6.45) is -2.46. The first kappa shape index (κ1) is 32.5. The third-order valence-electron chi connectivity index (χ3n) is 8.22. The predicted molar refractivity (Wildman–Crippen MR) is 161 cm³/mol. The summed E-state index contributed by atoms with van der Waals surface area (Å²) in [6, 6.07) is 3.82. The van der Waals surface area contributed by atoms with Crippen LogP contribution in [0.25, 0.3) is 21.5 Å². The Balaban J connectivity index is 0.00000207. The molecule has 0 radical (unpaired) electrons. The highest BCUT2D eigenvalue weighted by Crippen LogP contribution is 2.54. The van der Waals surface area contributed by atoms with Crippen LogP contribution >= 0.6 is 11.3 Å². The molecule has 232 valence electrons. The molecule has 3 unspecified atom stereocenters. The molecule has 2 amide bonds. The molecule has 2 fully saturated rings. The minimum absolute atomic E-state index is 0.0416. The quantitative estimate of drug-likeness (QED) is 0.331. The Kier molecular flexibility index (Phi) is 9.27. The standard InChI is InChI=1S/C28H31F3N6O3S.C2H6/c1-14-10-19(28(29,30)31)34-22(20(14)26(39)37-9-7-15(13-37)36(4)5)17-6-8-32-18-11-16(41-23(17)18)12-33-25(38)21-24(35-40)27(21,2)3;1-2/h6,8,10-11,15,21,24H,7,9,12-13H2,1-5H3,(H,33,38);1-2H3. The summed E-state index contributed by atoms with van der Waals surface area (Å²) in [4.78, 5) is 50.3. The van der Waals surface area contributed by atoms with Crippen LogP contribution in [-0.2, 0) is 17.5 Å². The van der Waals surface area contributed by atoms with Crippen LogP contribution in [0.3, 0.4) is 0 Å². The second-order valence-corrected chi connectivity index (χ2v) is 12.7. The van der Waals surface area contributed by atoms with Gasteiger partial charge in [-0.25, -0.2) is 4.98 Å². The van der Waals surface area contributed by atoms with Gasteiger partial charge in [0.15, 0.2) is 0 Å². The molecule has 3 aromatic heterocycles. The lowest BCUT2D eigenvalue weighted by Crippen LogP contribution is -2.35. The van der Waals surface area contributed by atoms with Crippen molar-refractivity contribution in [2.45, 2.75) is 65.8 Å². The van der Waals surface area contributed by atoms with Gasteiger partial charge >= 0.3 is 6.18 Å². The molecule has 5 rings (SSSR count). The number of likely N-dealkylation sites (tertiary alicyclic amines) is 1. The topological polar surface area (TPSA) is 108 Å². The number of amides is 2. The molecule has 1 N–H and O–H groups in total. The van der Waals surface area contributed by atoms with E-state index in [0.717, 1.165) is 12.5 Å². The number of aryl methyl sites for hydroxylation is 1. The second kappa shape index (κ2) is 12.3. The lowest BCUT2D eigenvalue weighted by atomic mass is 9.99. The Morgan fingerprint density at radius 1 is 1.23 bits per heavy atom.